The molecule has 0 aliphatic rings. The number of benzene rings is 9. The van der Waals surface area contributed by atoms with E-state index in [9.17, 15) is 0 Å². The molecule has 0 atom stereocenters. The Morgan fingerprint density at radius 3 is 1.58 bits per heavy atom. The van der Waals surface area contributed by atoms with E-state index in [1.165, 1.54) is 70.7 Å². The Morgan fingerprint density at radius 2 is 0.860 bits per heavy atom. The van der Waals surface area contributed by atoms with E-state index in [1.54, 1.807) is 0 Å². The zero-order valence-electron chi connectivity index (χ0n) is 27.1. The second-order valence-electron chi connectivity index (χ2n) is 13.2. The van der Waals surface area contributed by atoms with Crippen LogP contribution in [0.1, 0.15) is 0 Å². The number of furan rings is 1. The zero-order chi connectivity index (χ0) is 32.8. The van der Waals surface area contributed by atoms with E-state index in [0.29, 0.717) is 0 Å². The van der Waals surface area contributed by atoms with Crippen molar-refractivity contribution in [1.82, 2.24) is 4.57 Å². The van der Waals surface area contributed by atoms with E-state index in [-0.39, 0.29) is 0 Å². The molecule has 9 aromatic carbocycles. The van der Waals surface area contributed by atoms with Crippen LogP contribution in [0, 0.1) is 0 Å². The van der Waals surface area contributed by atoms with Gasteiger partial charge in [-0.15, -0.1) is 0 Å². The minimum absolute atomic E-state index is 0.901. The molecular formula is C48H29NO. The fraction of sp³-hybridized carbons (Fsp3) is 0. The summed E-state index contributed by atoms with van der Waals surface area (Å²) >= 11 is 0. The summed E-state index contributed by atoms with van der Waals surface area (Å²) in [6.45, 7) is 0. The Hall–Kier alpha value is -6.64. The van der Waals surface area contributed by atoms with Gasteiger partial charge in [0.15, 0.2) is 5.58 Å². The molecule has 0 radical (unpaired) electrons. The smallest absolute Gasteiger partial charge is 0.160 e. The highest BCUT2D eigenvalue weighted by Gasteiger charge is 2.25. The fourth-order valence-corrected chi connectivity index (χ4v) is 8.41. The molecule has 0 saturated heterocycles. The van der Waals surface area contributed by atoms with E-state index in [4.69, 9.17) is 4.42 Å². The molecule has 0 N–H and O–H groups in total. The van der Waals surface area contributed by atoms with Crippen LogP contribution >= 0.6 is 0 Å². The van der Waals surface area contributed by atoms with Gasteiger partial charge >= 0.3 is 0 Å². The van der Waals surface area contributed by atoms with Crippen LogP contribution in [-0.2, 0) is 0 Å². The summed E-state index contributed by atoms with van der Waals surface area (Å²) in [6, 6.07) is 63.5. The molecular weight excluding hydrogens is 607 g/mol. The molecule has 0 aliphatic carbocycles. The second kappa shape index (κ2) is 10.4. The molecule has 0 aliphatic heterocycles. The maximum Gasteiger partial charge on any atom is 0.160 e. The first-order chi connectivity index (χ1) is 24.8. The van der Waals surface area contributed by atoms with Crippen molar-refractivity contribution >= 4 is 76.1 Å². The van der Waals surface area contributed by atoms with Crippen LogP contribution < -0.4 is 0 Å². The van der Waals surface area contributed by atoms with Gasteiger partial charge in [0.05, 0.1) is 11.0 Å². The molecule has 0 spiro atoms. The average molecular weight is 636 g/mol. The molecule has 0 saturated carbocycles. The summed E-state index contributed by atoms with van der Waals surface area (Å²) in [4.78, 5) is 0. The predicted molar refractivity (Wildman–Crippen MR) is 211 cm³/mol. The SMILES string of the molecule is c1ccc(-c2ccc(-c3cccc(-n4c5ccccc5c5c6c7ccccc7c7ccccc7c6c6c7ccccc7oc6c54)c3)cc2)cc1. The molecule has 11 rings (SSSR count). The average Bonchev–Trinajstić information content (AvgIpc) is 3.75. The van der Waals surface area contributed by atoms with E-state index >= 15 is 0 Å². The highest BCUT2D eigenvalue weighted by molar-refractivity contribution is 6.44. The van der Waals surface area contributed by atoms with Crippen molar-refractivity contribution in [3.05, 3.63) is 176 Å². The van der Waals surface area contributed by atoms with Gasteiger partial charge in [0, 0.05) is 38.0 Å². The lowest BCUT2D eigenvalue weighted by Gasteiger charge is -2.14. The molecule has 2 heteroatoms. The lowest BCUT2D eigenvalue weighted by Crippen LogP contribution is -1.95. The van der Waals surface area contributed by atoms with Crippen molar-refractivity contribution in [2.75, 3.05) is 0 Å². The van der Waals surface area contributed by atoms with Crippen LogP contribution in [-0.4, -0.2) is 4.57 Å². The topological polar surface area (TPSA) is 18.1 Å². The van der Waals surface area contributed by atoms with E-state index in [0.717, 1.165) is 33.3 Å². The summed E-state index contributed by atoms with van der Waals surface area (Å²) in [5.74, 6) is 0. The van der Waals surface area contributed by atoms with Crippen LogP contribution in [0.2, 0.25) is 0 Å². The number of aromatic nitrogens is 1. The molecule has 0 amide bonds. The van der Waals surface area contributed by atoms with Crippen molar-refractivity contribution in [2.45, 2.75) is 0 Å². The summed E-state index contributed by atoms with van der Waals surface area (Å²) in [5, 5.41) is 12.3. The van der Waals surface area contributed by atoms with Gasteiger partial charge in [0.25, 0.3) is 0 Å². The van der Waals surface area contributed by atoms with Crippen molar-refractivity contribution in [3.63, 3.8) is 0 Å². The van der Waals surface area contributed by atoms with Gasteiger partial charge in [-0.2, -0.15) is 0 Å². The Balaban J connectivity index is 1.29. The third-order valence-corrected chi connectivity index (χ3v) is 10.5. The molecule has 0 fully saturated rings. The molecule has 11 aromatic rings. The Labute approximate surface area is 288 Å². The first-order valence-corrected chi connectivity index (χ1v) is 17.2. The molecule has 0 bridgehead atoms. The number of nitrogens with zero attached hydrogens (tertiary/aromatic N) is 1. The fourth-order valence-electron chi connectivity index (χ4n) is 8.41. The zero-order valence-corrected chi connectivity index (χ0v) is 27.1. The molecule has 0 unspecified atom stereocenters. The summed E-state index contributed by atoms with van der Waals surface area (Å²) in [5.41, 5.74) is 9.97. The number of hydrogen-bond donors (Lipinski definition) is 0. The van der Waals surface area contributed by atoms with Gasteiger partial charge in [-0.05, 0) is 68.1 Å². The predicted octanol–water partition coefficient (Wildman–Crippen LogP) is 13.5. The Kier molecular flexibility index (Phi) is 5.70. The van der Waals surface area contributed by atoms with Crippen LogP contribution in [0.3, 0.4) is 0 Å². The van der Waals surface area contributed by atoms with Crippen molar-refractivity contribution in [3.8, 4) is 27.9 Å². The third-order valence-electron chi connectivity index (χ3n) is 10.5. The largest absolute Gasteiger partial charge is 0.454 e. The quantitative estimate of drug-likeness (QED) is 0.177. The van der Waals surface area contributed by atoms with Gasteiger partial charge in [0.2, 0.25) is 0 Å². The molecule has 232 valence electrons. The van der Waals surface area contributed by atoms with E-state index < -0.39 is 0 Å². The van der Waals surface area contributed by atoms with Crippen molar-refractivity contribution in [2.24, 2.45) is 0 Å². The minimum Gasteiger partial charge on any atom is -0.454 e. The maximum absolute atomic E-state index is 6.98. The van der Waals surface area contributed by atoms with Crippen LogP contribution in [0.5, 0.6) is 0 Å². The lowest BCUT2D eigenvalue weighted by molar-refractivity contribution is 0.671. The molecule has 50 heavy (non-hydrogen) atoms. The first kappa shape index (κ1) is 27.3. The van der Waals surface area contributed by atoms with Gasteiger partial charge < -0.3 is 8.98 Å². The van der Waals surface area contributed by atoms with E-state index in [1.807, 2.05) is 0 Å². The highest BCUT2D eigenvalue weighted by Crippen LogP contribution is 2.50. The minimum atomic E-state index is 0.901. The molecule has 2 aromatic heterocycles. The monoisotopic (exact) mass is 635 g/mol. The summed E-state index contributed by atoms with van der Waals surface area (Å²) in [6.07, 6.45) is 0. The lowest BCUT2D eigenvalue weighted by atomic mass is 9.89. The van der Waals surface area contributed by atoms with Crippen LogP contribution in [0.4, 0.5) is 0 Å². The maximum atomic E-state index is 6.98. The third kappa shape index (κ3) is 3.79. The van der Waals surface area contributed by atoms with Gasteiger partial charge in [-0.25, -0.2) is 0 Å². The first-order valence-electron chi connectivity index (χ1n) is 17.2. The Morgan fingerprint density at radius 1 is 0.340 bits per heavy atom. The number of fused-ring (bicyclic) bond motifs is 15. The van der Waals surface area contributed by atoms with Crippen molar-refractivity contribution < 1.29 is 4.42 Å². The number of hydrogen-bond acceptors (Lipinski definition) is 1. The number of rotatable bonds is 3. The van der Waals surface area contributed by atoms with Crippen LogP contribution in [0.25, 0.3) is 104 Å². The van der Waals surface area contributed by atoms with Gasteiger partial charge in [-0.1, -0.05) is 152 Å². The molecule has 2 heterocycles. The normalized spacial score (nSPS) is 12.0. The molecule has 2 nitrogen and oxygen atoms in total. The van der Waals surface area contributed by atoms with Crippen LogP contribution in [0.15, 0.2) is 180 Å². The summed E-state index contributed by atoms with van der Waals surface area (Å²) in [7, 11) is 0. The summed E-state index contributed by atoms with van der Waals surface area (Å²) < 4.78 is 9.41. The van der Waals surface area contributed by atoms with Gasteiger partial charge in [-0.3, -0.25) is 0 Å². The van der Waals surface area contributed by atoms with Crippen molar-refractivity contribution in [1.29, 1.82) is 0 Å². The number of para-hydroxylation sites is 2. The van der Waals surface area contributed by atoms with Gasteiger partial charge in [0.1, 0.15) is 5.58 Å². The Bertz CT molecular complexity index is 3130. The standard InChI is InChI=1S/C48H29NO/c1-2-13-30(14-3-1)31-25-27-32(28-26-31)33-15-12-16-34(29-33)49-41-23-10-8-21-39(41)45-43-37-19-6-4-17-35(37)36-18-5-7-20-38(36)44(43)46-40-22-9-11-24-42(40)50-48(46)47(45)49/h1-29H. The highest BCUT2D eigenvalue weighted by atomic mass is 16.3. The van der Waals surface area contributed by atoms with E-state index in [2.05, 4.69) is 180 Å². The second-order valence-corrected chi connectivity index (χ2v) is 13.2.